The van der Waals surface area contributed by atoms with E-state index in [1.54, 1.807) is 76.8 Å². The van der Waals surface area contributed by atoms with Crippen molar-refractivity contribution in [3.8, 4) is 0 Å². The number of carbonyl (C=O) groups excluding carboxylic acids is 12. The standard InChI is InChI=1S/C76H124N12O15/c1-21-52(8)67(80-68(94)59(37-49(2)3)83(16)48-89)75(101)82(15)44-66(93)85(18)63(41-56-33-27-23-28-34-56)74(100)87(20)61(39-51(6)7)71(97)79-58(47-103-76(11,12)13)72(98)86(19)60(38-50(4)5)70(96)78-57(73(99)88-35-29-24-30-36-88)42-64(91)81(14)43-65(92)84(17)62(40-55-31-25-22-26-32-55)69(95)77-53(9)45-102-46-54(10)90/h22-23,25-28,31-34,48-54,57-63,67,90H,21,24,29-30,35-47H2,1-20H3,(H,77,95)(H,78,96)(H,79,97)(H,80,94)/t52-,53+,54+,57-,58-,59-,60-,61-,62-,63-,67-/m0/s1. The van der Waals surface area contributed by atoms with E-state index >= 15 is 19.2 Å². The number of piperidine rings is 1. The molecule has 5 N–H and O–H groups in total. The molecule has 1 fully saturated rings. The van der Waals surface area contributed by atoms with E-state index in [0.29, 0.717) is 50.7 Å². The molecule has 3 rings (SSSR count). The Morgan fingerprint density at radius 2 is 0.961 bits per heavy atom. The highest BCUT2D eigenvalue weighted by Gasteiger charge is 2.42. The lowest BCUT2D eigenvalue weighted by Crippen LogP contribution is -2.61. The third kappa shape index (κ3) is 29.6. The minimum Gasteiger partial charge on any atom is -0.391 e. The summed E-state index contributed by atoms with van der Waals surface area (Å²) >= 11 is 0. The van der Waals surface area contributed by atoms with Gasteiger partial charge in [0.2, 0.25) is 71.4 Å². The van der Waals surface area contributed by atoms with E-state index in [1.807, 2.05) is 78.8 Å². The summed E-state index contributed by atoms with van der Waals surface area (Å²) in [6.45, 7) is 23.0. The molecule has 0 bridgehead atoms. The van der Waals surface area contributed by atoms with Crippen LogP contribution in [0.5, 0.6) is 0 Å². The average molecular weight is 1450 g/mol. The third-order valence-corrected chi connectivity index (χ3v) is 18.5. The lowest BCUT2D eigenvalue weighted by molar-refractivity contribution is -0.151. The molecule has 1 heterocycles. The molecule has 0 spiro atoms. The third-order valence-electron chi connectivity index (χ3n) is 18.5. The van der Waals surface area contributed by atoms with Gasteiger partial charge in [0, 0.05) is 81.3 Å². The van der Waals surface area contributed by atoms with E-state index in [9.17, 15) is 43.5 Å². The number of aliphatic hydroxyl groups is 1. The molecule has 0 unspecified atom stereocenters. The highest BCUT2D eigenvalue weighted by molar-refractivity contribution is 5.99. The Balaban J connectivity index is 2.01. The number of hydrogen-bond acceptors (Lipinski definition) is 15. The van der Waals surface area contributed by atoms with E-state index in [4.69, 9.17) is 9.47 Å². The van der Waals surface area contributed by atoms with Gasteiger partial charge >= 0.3 is 0 Å². The fourth-order valence-corrected chi connectivity index (χ4v) is 12.0. The molecule has 11 atom stereocenters. The largest absolute Gasteiger partial charge is 0.391 e. The number of aliphatic hydroxyl groups excluding tert-OH is 1. The SMILES string of the molecule is CC[C@H](C)[C@H](NC(=O)[C@H](CC(C)C)N(C)C=O)C(=O)N(C)CC(=O)N(C)[C@@H](Cc1ccccc1)C(=O)N(C)[C@@H](CC(C)C)C(=O)N[C@@H](COC(C)(C)C)C(=O)N(C)[C@@H](CC(C)C)C(=O)N[C@@H](CC(=O)N(C)CC(=O)N(C)[C@@H](Cc1ccccc1)C(=O)N[C@H](C)COC[C@@H](C)O)C(=O)N1CCCCC1. The lowest BCUT2D eigenvalue weighted by atomic mass is 9.96. The fraction of sp³-hybridized carbons (Fsp3) is 0.684. The molecule has 0 radical (unpaired) electrons. The van der Waals surface area contributed by atoms with Crippen LogP contribution < -0.4 is 21.3 Å². The summed E-state index contributed by atoms with van der Waals surface area (Å²) in [7, 11) is 10.1. The Morgan fingerprint density at radius 3 is 1.44 bits per heavy atom. The zero-order chi connectivity index (χ0) is 77.7. The number of amides is 12. The van der Waals surface area contributed by atoms with E-state index in [1.165, 1.54) is 78.7 Å². The molecule has 27 nitrogen and oxygen atoms in total. The lowest BCUT2D eigenvalue weighted by Gasteiger charge is -2.37. The van der Waals surface area contributed by atoms with E-state index in [-0.39, 0.29) is 62.6 Å². The van der Waals surface area contributed by atoms with Crippen LogP contribution in [0.4, 0.5) is 0 Å². The minimum absolute atomic E-state index is 0.00777. The first kappa shape index (κ1) is 89.2. The van der Waals surface area contributed by atoms with Gasteiger partial charge < -0.3 is 75.0 Å². The average Bonchev–Trinajstić information content (AvgIpc) is 0.822. The maximum atomic E-state index is 15.3. The Kier molecular flexibility index (Phi) is 37.5. The van der Waals surface area contributed by atoms with Crippen molar-refractivity contribution in [1.29, 1.82) is 0 Å². The molecule has 0 aromatic heterocycles. The van der Waals surface area contributed by atoms with Crippen molar-refractivity contribution in [2.24, 2.45) is 23.7 Å². The van der Waals surface area contributed by atoms with Gasteiger partial charge in [-0.25, -0.2) is 0 Å². The normalized spacial score (nSPS) is 15.7. The van der Waals surface area contributed by atoms with Crippen LogP contribution in [0.1, 0.15) is 153 Å². The first-order valence-electron chi connectivity index (χ1n) is 36.4. The quantitative estimate of drug-likeness (QED) is 0.0589. The summed E-state index contributed by atoms with van der Waals surface area (Å²) < 4.78 is 11.7. The van der Waals surface area contributed by atoms with Crippen molar-refractivity contribution in [1.82, 2.24) is 60.5 Å². The summed E-state index contributed by atoms with van der Waals surface area (Å²) in [5.41, 5.74) is 0.593. The molecule has 1 aliphatic heterocycles. The smallest absolute Gasteiger partial charge is 0.247 e. The second-order valence-corrected chi connectivity index (χ2v) is 30.3. The minimum atomic E-state index is -1.47. The van der Waals surface area contributed by atoms with Crippen molar-refractivity contribution < 1.29 is 72.1 Å². The van der Waals surface area contributed by atoms with Gasteiger partial charge in [-0.2, -0.15) is 0 Å². The van der Waals surface area contributed by atoms with Crippen LogP contribution in [-0.4, -0.2) is 277 Å². The van der Waals surface area contributed by atoms with Crippen LogP contribution in [-0.2, 0) is 79.8 Å². The zero-order valence-electron chi connectivity index (χ0n) is 65.2. The molecule has 2 aromatic rings. The second kappa shape index (κ2) is 43.3. The number of nitrogens with zero attached hydrogens (tertiary/aromatic N) is 8. The summed E-state index contributed by atoms with van der Waals surface area (Å²) in [5, 5.41) is 21.1. The Labute approximate surface area is 612 Å². The van der Waals surface area contributed by atoms with Gasteiger partial charge in [-0.1, -0.05) is 122 Å². The molecule has 2 aromatic carbocycles. The molecular weight excluding hydrogens is 1320 g/mol. The molecule has 27 heteroatoms. The maximum Gasteiger partial charge on any atom is 0.247 e. The number of nitrogens with one attached hydrogen (secondary N) is 4. The summed E-state index contributed by atoms with van der Waals surface area (Å²) in [6.07, 6.45) is 2.61. The Bertz CT molecular complexity index is 3070. The highest BCUT2D eigenvalue weighted by Crippen LogP contribution is 2.22. The van der Waals surface area contributed by atoms with Gasteiger partial charge in [-0.3, -0.25) is 57.5 Å². The number of carbonyl (C=O) groups is 12. The van der Waals surface area contributed by atoms with Gasteiger partial charge in [-0.05, 0) is 108 Å². The van der Waals surface area contributed by atoms with Crippen molar-refractivity contribution >= 4 is 71.4 Å². The predicted octanol–water partition coefficient (Wildman–Crippen LogP) is 3.91. The first-order valence-corrected chi connectivity index (χ1v) is 36.4. The zero-order valence-corrected chi connectivity index (χ0v) is 65.2. The van der Waals surface area contributed by atoms with Gasteiger partial charge in [0.15, 0.2) is 0 Å². The number of likely N-dealkylation sites (N-methyl/N-ethyl adjacent to an activating group) is 7. The molecule has 0 aliphatic carbocycles. The topological polar surface area (TPSA) is 318 Å². The number of likely N-dealkylation sites (tertiary alicyclic amines) is 1. The monoisotopic (exact) mass is 1440 g/mol. The van der Waals surface area contributed by atoms with Crippen LogP contribution in [0.2, 0.25) is 0 Å². The molecule has 578 valence electrons. The van der Waals surface area contributed by atoms with Gasteiger partial charge in [0.25, 0.3) is 0 Å². The summed E-state index contributed by atoms with van der Waals surface area (Å²) in [6, 6.07) is 7.91. The van der Waals surface area contributed by atoms with Crippen LogP contribution in [0.15, 0.2) is 60.7 Å². The van der Waals surface area contributed by atoms with Crippen molar-refractivity contribution in [2.75, 3.05) is 95.3 Å². The fourth-order valence-electron chi connectivity index (χ4n) is 12.0. The van der Waals surface area contributed by atoms with E-state index in [2.05, 4.69) is 21.3 Å². The first-order chi connectivity index (χ1) is 48.2. The predicted molar refractivity (Wildman–Crippen MR) is 394 cm³/mol. The van der Waals surface area contributed by atoms with E-state index < -0.39 is 157 Å². The van der Waals surface area contributed by atoms with Crippen molar-refractivity contribution in [2.45, 2.75) is 220 Å². The number of ether oxygens (including phenoxy) is 2. The molecule has 103 heavy (non-hydrogen) atoms. The number of rotatable bonds is 42. The van der Waals surface area contributed by atoms with Gasteiger partial charge in [0.1, 0.15) is 48.3 Å². The van der Waals surface area contributed by atoms with Crippen molar-refractivity contribution in [3.05, 3.63) is 71.8 Å². The second-order valence-electron chi connectivity index (χ2n) is 30.3. The van der Waals surface area contributed by atoms with Gasteiger partial charge in [0.05, 0.1) is 51.0 Å². The molecule has 1 aliphatic rings. The Morgan fingerprint density at radius 1 is 0.515 bits per heavy atom. The van der Waals surface area contributed by atoms with Crippen LogP contribution in [0, 0.1) is 23.7 Å². The summed E-state index contributed by atoms with van der Waals surface area (Å²) in [4.78, 5) is 183. The summed E-state index contributed by atoms with van der Waals surface area (Å²) in [5.74, 6) is -7.68. The Hall–Kier alpha value is -8.04. The molecular formula is C76H124N12O15. The van der Waals surface area contributed by atoms with Crippen LogP contribution in [0.25, 0.3) is 0 Å². The number of benzene rings is 2. The van der Waals surface area contributed by atoms with Crippen molar-refractivity contribution in [3.63, 3.8) is 0 Å². The highest BCUT2D eigenvalue weighted by atomic mass is 16.5. The van der Waals surface area contributed by atoms with Crippen LogP contribution >= 0.6 is 0 Å². The molecule has 1 saturated heterocycles. The number of hydrogen-bond donors (Lipinski definition) is 5. The van der Waals surface area contributed by atoms with Crippen LogP contribution in [0.3, 0.4) is 0 Å². The van der Waals surface area contributed by atoms with Gasteiger partial charge in [-0.15, -0.1) is 0 Å². The molecule has 12 amide bonds. The molecule has 0 saturated carbocycles. The van der Waals surface area contributed by atoms with E-state index in [0.717, 1.165) is 16.9 Å². The maximum absolute atomic E-state index is 15.3.